The molecule has 7 nitrogen and oxygen atoms in total. The van der Waals surface area contributed by atoms with E-state index >= 15 is 0 Å². The average Bonchev–Trinajstić information content (AvgIpc) is 3.30. The number of carboxylic acid groups (broad SMARTS) is 1. The SMILES string of the molecule is COc1ccc([C@@H]2c3cc(OC(C)C)ccc3O[C@H](c3ccc4c(c3)OCO4)[C@H]2C(=O)O)cc1. The molecule has 0 bridgehead atoms. The van der Waals surface area contributed by atoms with Crippen molar-refractivity contribution < 1.29 is 33.6 Å². The Morgan fingerprint density at radius 2 is 1.59 bits per heavy atom. The minimum absolute atomic E-state index is 0.0151. The van der Waals surface area contributed by atoms with E-state index < -0.39 is 23.9 Å². The third-order valence-corrected chi connectivity index (χ3v) is 6.11. The Hall–Kier alpha value is -3.87. The summed E-state index contributed by atoms with van der Waals surface area (Å²) in [5, 5.41) is 10.4. The molecule has 1 N–H and O–H groups in total. The highest BCUT2D eigenvalue weighted by molar-refractivity contribution is 5.75. The normalized spacial score (nSPS) is 20.4. The molecule has 0 saturated heterocycles. The highest BCUT2D eigenvalue weighted by Crippen LogP contribution is 2.51. The highest BCUT2D eigenvalue weighted by atomic mass is 16.7. The van der Waals surface area contributed by atoms with Crippen LogP contribution in [0.1, 0.15) is 42.6 Å². The molecular formula is C27H26O7. The molecule has 2 aliphatic rings. The lowest BCUT2D eigenvalue weighted by molar-refractivity contribution is -0.146. The largest absolute Gasteiger partial charge is 0.497 e. The average molecular weight is 462 g/mol. The molecule has 0 fully saturated rings. The van der Waals surface area contributed by atoms with Gasteiger partial charge in [-0.2, -0.15) is 0 Å². The van der Waals surface area contributed by atoms with E-state index in [4.69, 9.17) is 23.7 Å². The van der Waals surface area contributed by atoms with Crippen molar-refractivity contribution in [3.05, 3.63) is 77.4 Å². The van der Waals surface area contributed by atoms with E-state index in [1.807, 2.05) is 62.4 Å². The summed E-state index contributed by atoms with van der Waals surface area (Å²) in [7, 11) is 1.60. The van der Waals surface area contributed by atoms with Gasteiger partial charge in [-0.3, -0.25) is 4.79 Å². The van der Waals surface area contributed by atoms with Crippen LogP contribution in [0.4, 0.5) is 0 Å². The van der Waals surface area contributed by atoms with Crippen LogP contribution in [0.3, 0.4) is 0 Å². The van der Waals surface area contributed by atoms with Crippen LogP contribution in [-0.4, -0.2) is 31.1 Å². The zero-order valence-corrected chi connectivity index (χ0v) is 19.2. The van der Waals surface area contributed by atoms with Gasteiger partial charge >= 0.3 is 5.97 Å². The van der Waals surface area contributed by atoms with Gasteiger partial charge in [0.15, 0.2) is 11.5 Å². The standard InChI is InChI=1S/C27H26O7/c1-15(2)33-19-9-11-21-20(13-19)24(16-4-7-18(30-3)8-5-16)25(27(28)29)26(34-21)17-6-10-22-23(12-17)32-14-31-22/h4-13,15,24-26H,14H2,1-3H3,(H,28,29)/t24-,25+,26-/m1/s1. The van der Waals surface area contributed by atoms with E-state index in [0.29, 0.717) is 34.3 Å². The quantitative estimate of drug-likeness (QED) is 0.541. The van der Waals surface area contributed by atoms with Crippen molar-refractivity contribution in [3.8, 4) is 28.7 Å². The number of aliphatic carboxylic acids is 1. The van der Waals surface area contributed by atoms with E-state index in [-0.39, 0.29) is 12.9 Å². The minimum atomic E-state index is -0.954. The van der Waals surface area contributed by atoms with Gasteiger partial charge in [0.1, 0.15) is 29.3 Å². The molecule has 3 atom stereocenters. The van der Waals surface area contributed by atoms with Crippen molar-refractivity contribution in [1.82, 2.24) is 0 Å². The van der Waals surface area contributed by atoms with Gasteiger partial charge in [0, 0.05) is 11.5 Å². The Balaban J connectivity index is 1.65. The van der Waals surface area contributed by atoms with E-state index in [0.717, 1.165) is 11.1 Å². The molecule has 176 valence electrons. The summed E-state index contributed by atoms with van der Waals surface area (Å²) in [6.07, 6.45) is -0.748. The van der Waals surface area contributed by atoms with E-state index in [1.165, 1.54) is 0 Å². The molecule has 3 aromatic rings. The van der Waals surface area contributed by atoms with Gasteiger partial charge in [-0.25, -0.2) is 0 Å². The van der Waals surface area contributed by atoms with Crippen molar-refractivity contribution >= 4 is 5.97 Å². The first-order chi connectivity index (χ1) is 16.4. The van der Waals surface area contributed by atoms with Crippen LogP contribution in [-0.2, 0) is 4.79 Å². The topological polar surface area (TPSA) is 83.5 Å². The molecule has 0 saturated carbocycles. The molecule has 0 aliphatic carbocycles. The summed E-state index contributed by atoms with van der Waals surface area (Å²) in [5.74, 6) is 0.885. The minimum Gasteiger partial charge on any atom is -0.497 e. The molecule has 0 amide bonds. The summed E-state index contributed by atoms with van der Waals surface area (Å²) in [4.78, 5) is 12.8. The molecule has 0 unspecified atom stereocenters. The second-order valence-electron chi connectivity index (χ2n) is 8.63. The summed E-state index contributed by atoms with van der Waals surface area (Å²) in [5.41, 5.74) is 2.33. The molecule has 0 spiro atoms. The Morgan fingerprint density at radius 1 is 0.912 bits per heavy atom. The third-order valence-electron chi connectivity index (χ3n) is 6.11. The smallest absolute Gasteiger partial charge is 0.311 e. The lowest BCUT2D eigenvalue weighted by Gasteiger charge is -2.38. The first-order valence-electron chi connectivity index (χ1n) is 11.2. The number of methoxy groups -OCH3 is 1. The zero-order valence-electron chi connectivity index (χ0n) is 19.2. The maximum absolute atomic E-state index is 12.8. The predicted molar refractivity (Wildman–Crippen MR) is 124 cm³/mol. The van der Waals surface area contributed by atoms with Crippen molar-refractivity contribution in [3.63, 3.8) is 0 Å². The number of hydrogen-bond acceptors (Lipinski definition) is 6. The van der Waals surface area contributed by atoms with E-state index in [9.17, 15) is 9.90 Å². The summed E-state index contributed by atoms with van der Waals surface area (Å²) >= 11 is 0. The fraction of sp³-hybridized carbons (Fsp3) is 0.296. The number of benzene rings is 3. The lowest BCUT2D eigenvalue weighted by Crippen LogP contribution is -2.36. The van der Waals surface area contributed by atoms with Crippen molar-refractivity contribution in [1.29, 1.82) is 0 Å². The maximum atomic E-state index is 12.8. The van der Waals surface area contributed by atoms with Crippen LogP contribution in [0.2, 0.25) is 0 Å². The molecule has 34 heavy (non-hydrogen) atoms. The number of carbonyl (C=O) groups is 1. The van der Waals surface area contributed by atoms with Crippen LogP contribution in [0.25, 0.3) is 0 Å². The third kappa shape index (κ3) is 3.98. The molecular weight excluding hydrogens is 436 g/mol. The van der Waals surface area contributed by atoms with Crippen LogP contribution >= 0.6 is 0 Å². The number of ether oxygens (including phenoxy) is 5. The number of carboxylic acids is 1. The van der Waals surface area contributed by atoms with Gasteiger partial charge < -0.3 is 28.8 Å². The molecule has 2 heterocycles. The van der Waals surface area contributed by atoms with Gasteiger partial charge in [-0.15, -0.1) is 0 Å². The molecule has 0 aromatic heterocycles. The summed E-state index contributed by atoms with van der Waals surface area (Å²) < 4.78 is 28.5. The lowest BCUT2D eigenvalue weighted by atomic mass is 9.74. The van der Waals surface area contributed by atoms with Gasteiger partial charge in [-0.1, -0.05) is 18.2 Å². The number of rotatable bonds is 6. The Bertz CT molecular complexity index is 1200. The second kappa shape index (κ2) is 8.82. The number of fused-ring (bicyclic) bond motifs is 2. The number of hydrogen-bond donors (Lipinski definition) is 1. The summed E-state index contributed by atoms with van der Waals surface area (Å²) in [6, 6.07) is 18.5. The van der Waals surface area contributed by atoms with Crippen molar-refractivity contribution in [2.45, 2.75) is 32.0 Å². The van der Waals surface area contributed by atoms with Crippen LogP contribution in [0.5, 0.6) is 28.7 Å². The predicted octanol–water partition coefficient (Wildman–Crippen LogP) is 5.18. The van der Waals surface area contributed by atoms with Gasteiger partial charge in [0.25, 0.3) is 0 Å². The van der Waals surface area contributed by atoms with Crippen LogP contribution < -0.4 is 23.7 Å². The summed E-state index contributed by atoms with van der Waals surface area (Å²) in [6.45, 7) is 4.04. The monoisotopic (exact) mass is 462 g/mol. The molecule has 7 heteroatoms. The van der Waals surface area contributed by atoms with E-state index in [1.54, 1.807) is 19.2 Å². The highest BCUT2D eigenvalue weighted by Gasteiger charge is 2.45. The van der Waals surface area contributed by atoms with E-state index in [2.05, 4.69) is 0 Å². The Kier molecular flexibility index (Phi) is 5.69. The van der Waals surface area contributed by atoms with Crippen molar-refractivity contribution in [2.75, 3.05) is 13.9 Å². The van der Waals surface area contributed by atoms with Crippen LogP contribution in [0, 0.1) is 5.92 Å². The first kappa shape index (κ1) is 21.9. The second-order valence-corrected chi connectivity index (χ2v) is 8.63. The first-order valence-corrected chi connectivity index (χ1v) is 11.2. The Morgan fingerprint density at radius 3 is 2.29 bits per heavy atom. The molecule has 2 aliphatic heterocycles. The van der Waals surface area contributed by atoms with Crippen molar-refractivity contribution in [2.24, 2.45) is 5.92 Å². The molecule has 0 radical (unpaired) electrons. The fourth-order valence-corrected chi connectivity index (χ4v) is 4.64. The van der Waals surface area contributed by atoms with Crippen LogP contribution in [0.15, 0.2) is 60.7 Å². The zero-order chi connectivity index (χ0) is 23.8. The fourth-order valence-electron chi connectivity index (χ4n) is 4.64. The molecule has 3 aromatic carbocycles. The van der Waals surface area contributed by atoms with Gasteiger partial charge in [0.2, 0.25) is 6.79 Å². The Labute approximate surface area is 197 Å². The van der Waals surface area contributed by atoms with Gasteiger partial charge in [-0.05, 0) is 67.4 Å². The van der Waals surface area contributed by atoms with Gasteiger partial charge in [0.05, 0.1) is 13.2 Å². The maximum Gasteiger partial charge on any atom is 0.311 e. The molecule has 5 rings (SSSR count).